The Labute approximate surface area is 154 Å². The molecule has 1 aliphatic rings. The van der Waals surface area contributed by atoms with Gasteiger partial charge in [0.25, 0.3) is 0 Å². The minimum Gasteiger partial charge on any atom is -0.340 e. The average Bonchev–Trinajstić information content (AvgIpc) is 3.27. The zero-order valence-electron chi connectivity index (χ0n) is 13.6. The summed E-state index contributed by atoms with van der Waals surface area (Å²) in [6, 6.07) is 13.8. The molecule has 0 aliphatic carbocycles. The fourth-order valence-corrected chi connectivity index (χ4v) is 3.58. The van der Waals surface area contributed by atoms with Gasteiger partial charge in [-0.25, -0.2) is 9.97 Å². The van der Waals surface area contributed by atoms with Crippen molar-refractivity contribution in [2.24, 2.45) is 0 Å². The number of aromatic nitrogens is 4. The van der Waals surface area contributed by atoms with Gasteiger partial charge < -0.3 is 4.57 Å². The van der Waals surface area contributed by atoms with Crippen LogP contribution in [0.3, 0.4) is 0 Å². The summed E-state index contributed by atoms with van der Waals surface area (Å²) in [5, 5.41) is 9.46. The number of benzene rings is 1. The van der Waals surface area contributed by atoms with Crippen molar-refractivity contribution in [3.63, 3.8) is 0 Å². The third kappa shape index (κ3) is 2.24. The molecule has 26 heavy (non-hydrogen) atoms. The van der Waals surface area contributed by atoms with Crippen molar-refractivity contribution in [1.82, 2.24) is 19.1 Å². The van der Waals surface area contributed by atoms with Crippen molar-refractivity contribution in [3.8, 4) is 34.4 Å². The van der Waals surface area contributed by atoms with Crippen LogP contribution in [0.15, 0.2) is 61.2 Å². The van der Waals surface area contributed by atoms with E-state index in [1.54, 1.807) is 12.4 Å². The average molecular weight is 358 g/mol. The maximum atomic E-state index is 8.98. The number of hydrogen-bond donors (Lipinski definition) is 0. The molecule has 0 N–H and O–H groups in total. The van der Waals surface area contributed by atoms with E-state index < -0.39 is 0 Å². The Balaban J connectivity index is 1.68. The minimum atomic E-state index is 0.480. The molecule has 0 saturated heterocycles. The molecule has 4 aromatic rings. The van der Waals surface area contributed by atoms with Gasteiger partial charge in [0.2, 0.25) is 0 Å². The fraction of sp³-hybridized carbons (Fsp3) is 0.0500. The van der Waals surface area contributed by atoms with Crippen molar-refractivity contribution < 1.29 is 0 Å². The molecule has 0 saturated carbocycles. The first kappa shape index (κ1) is 14.9. The quantitative estimate of drug-likeness (QED) is 0.420. The number of nitrogens with zero attached hydrogens (tertiary/aromatic N) is 5. The van der Waals surface area contributed by atoms with Gasteiger partial charge in [0.15, 0.2) is 5.82 Å². The highest BCUT2D eigenvalue weighted by Gasteiger charge is 2.21. The van der Waals surface area contributed by atoms with Gasteiger partial charge in [-0.05, 0) is 29.8 Å². The van der Waals surface area contributed by atoms with Gasteiger partial charge in [0.05, 0.1) is 29.2 Å². The second kappa shape index (κ2) is 5.58. The highest BCUT2D eigenvalue weighted by molar-refractivity contribution is 6.29. The van der Waals surface area contributed by atoms with E-state index in [4.69, 9.17) is 16.9 Å². The fourth-order valence-electron chi connectivity index (χ4n) is 3.40. The standard InChI is InChI=1S/C20H12ClN5/c21-19-8-16-12-25-11-15(14-3-1-13(9-22)2-4-14)7-17(25)20-23-5-6-26(20)18(16)10-24-19/h1-8,10-11H,12H2. The smallest absolute Gasteiger partial charge is 0.161 e. The van der Waals surface area contributed by atoms with Crippen LogP contribution < -0.4 is 0 Å². The third-order valence-corrected chi connectivity index (χ3v) is 4.85. The number of pyridine rings is 1. The molecule has 0 atom stereocenters. The second-order valence-corrected chi connectivity index (χ2v) is 6.57. The summed E-state index contributed by atoms with van der Waals surface area (Å²) in [7, 11) is 0. The van der Waals surface area contributed by atoms with E-state index >= 15 is 0 Å². The van der Waals surface area contributed by atoms with E-state index in [9.17, 15) is 0 Å². The van der Waals surface area contributed by atoms with Crippen molar-refractivity contribution in [2.75, 3.05) is 0 Å². The Morgan fingerprint density at radius 2 is 1.92 bits per heavy atom. The summed E-state index contributed by atoms with van der Waals surface area (Å²) in [4.78, 5) is 8.77. The Hall–Kier alpha value is -3.36. The van der Waals surface area contributed by atoms with Gasteiger partial charge in [-0.2, -0.15) is 5.26 Å². The number of fused-ring (bicyclic) bond motifs is 5. The van der Waals surface area contributed by atoms with Crippen LogP contribution in [0, 0.1) is 11.3 Å². The van der Waals surface area contributed by atoms with E-state index in [0.717, 1.165) is 33.9 Å². The zero-order valence-corrected chi connectivity index (χ0v) is 14.4. The lowest BCUT2D eigenvalue weighted by atomic mass is 10.1. The second-order valence-electron chi connectivity index (χ2n) is 6.19. The maximum Gasteiger partial charge on any atom is 0.161 e. The monoisotopic (exact) mass is 357 g/mol. The van der Waals surface area contributed by atoms with Gasteiger partial charge >= 0.3 is 0 Å². The van der Waals surface area contributed by atoms with Crippen LogP contribution in [0.25, 0.3) is 28.3 Å². The highest BCUT2D eigenvalue weighted by atomic mass is 35.5. The van der Waals surface area contributed by atoms with Gasteiger partial charge in [-0.1, -0.05) is 23.7 Å². The van der Waals surface area contributed by atoms with E-state index in [-0.39, 0.29) is 0 Å². The van der Waals surface area contributed by atoms with Crippen molar-refractivity contribution in [3.05, 3.63) is 77.5 Å². The van der Waals surface area contributed by atoms with Gasteiger partial charge in [-0.15, -0.1) is 0 Å². The first-order valence-corrected chi connectivity index (χ1v) is 8.50. The molecule has 1 aromatic carbocycles. The molecule has 6 heteroatoms. The zero-order chi connectivity index (χ0) is 17.7. The van der Waals surface area contributed by atoms with Crippen LogP contribution in [-0.4, -0.2) is 19.1 Å². The van der Waals surface area contributed by atoms with Gasteiger partial charge in [-0.3, -0.25) is 4.57 Å². The molecule has 0 spiro atoms. The van der Waals surface area contributed by atoms with Crippen LogP contribution in [0.5, 0.6) is 0 Å². The topological polar surface area (TPSA) is 59.4 Å². The van der Waals surface area contributed by atoms with Crippen molar-refractivity contribution in [2.45, 2.75) is 6.54 Å². The number of hydrogen-bond acceptors (Lipinski definition) is 3. The van der Waals surface area contributed by atoms with Crippen LogP contribution in [0.2, 0.25) is 5.15 Å². The number of imidazole rings is 1. The van der Waals surface area contributed by atoms with E-state index in [0.29, 0.717) is 17.3 Å². The van der Waals surface area contributed by atoms with Crippen LogP contribution in [0.4, 0.5) is 0 Å². The summed E-state index contributed by atoms with van der Waals surface area (Å²) in [5.41, 5.74) is 5.91. The lowest BCUT2D eigenvalue weighted by molar-refractivity contribution is 0.817. The predicted octanol–water partition coefficient (Wildman–Crippen LogP) is 4.29. The number of rotatable bonds is 1. The molecular formula is C20H12ClN5. The number of nitriles is 1. The molecule has 0 radical (unpaired) electrons. The predicted molar refractivity (Wildman–Crippen MR) is 99.0 cm³/mol. The molecule has 124 valence electrons. The molecule has 0 unspecified atom stereocenters. The normalized spacial score (nSPS) is 11.8. The molecule has 3 aromatic heterocycles. The SMILES string of the molecule is N#Cc1ccc(-c2cc3n(c2)Cc2cc(Cl)ncc2-n2ccnc2-3)cc1. The Morgan fingerprint density at radius 3 is 2.73 bits per heavy atom. The number of halogens is 1. The van der Waals surface area contributed by atoms with Crippen LogP contribution in [0.1, 0.15) is 11.1 Å². The summed E-state index contributed by atoms with van der Waals surface area (Å²) in [5.74, 6) is 0.868. The molecule has 0 bridgehead atoms. The van der Waals surface area contributed by atoms with Crippen molar-refractivity contribution in [1.29, 1.82) is 5.26 Å². The lowest BCUT2D eigenvalue weighted by Gasteiger charge is -2.08. The van der Waals surface area contributed by atoms with E-state index in [2.05, 4.69) is 32.9 Å². The maximum absolute atomic E-state index is 8.98. The highest BCUT2D eigenvalue weighted by Crippen LogP contribution is 2.34. The Morgan fingerprint density at radius 1 is 1.08 bits per heavy atom. The molecule has 0 amide bonds. The first-order chi connectivity index (χ1) is 12.7. The third-order valence-electron chi connectivity index (χ3n) is 4.65. The summed E-state index contributed by atoms with van der Waals surface area (Å²) in [6.45, 7) is 0.687. The van der Waals surface area contributed by atoms with Gasteiger partial charge in [0, 0.05) is 36.3 Å². The Kier molecular flexibility index (Phi) is 3.21. The summed E-state index contributed by atoms with van der Waals surface area (Å²) in [6.07, 6.45) is 7.63. The van der Waals surface area contributed by atoms with E-state index in [1.165, 1.54) is 0 Å². The Bertz CT molecular complexity index is 1180. The molecular weight excluding hydrogens is 346 g/mol. The molecule has 0 fully saturated rings. The minimum absolute atomic E-state index is 0.480. The summed E-state index contributed by atoms with van der Waals surface area (Å²) < 4.78 is 4.22. The largest absolute Gasteiger partial charge is 0.340 e. The van der Waals surface area contributed by atoms with Crippen LogP contribution >= 0.6 is 11.6 Å². The summed E-state index contributed by atoms with van der Waals surface area (Å²) >= 11 is 6.12. The molecule has 4 heterocycles. The van der Waals surface area contributed by atoms with Gasteiger partial charge in [0.1, 0.15) is 5.15 Å². The van der Waals surface area contributed by atoms with E-state index in [1.807, 2.05) is 41.1 Å². The first-order valence-electron chi connectivity index (χ1n) is 8.12. The van der Waals surface area contributed by atoms with Crippen molar-refractivity contribution >= 4 is 11.6 Å². The molecule has 5 rings (SSSR count). The lowest BCUT2D eigenvalue weighted by Crippen LogP contribution is -2.00. The molecule has 1 aliphatic heterocycles. The molecule has 5 nitrogen and oxygen atoms in total. The van der Waals surface area contributed by atoms with Crippen LogP contribution in [-0.2, 0) is 6.54 Å².